The van der Waals surface area contributed by atoms with Crippen molar-refractivity contribution in [2.75, 3.05) is 0 Å². The smallest absolute Gasteiger partial charge is 0.134 e. The summed E-state index contributed by atoms with van der Waals surface area (Å²) in [5.74, 6) is 0.548. The molecule has 0 spiro atoms. The Kier molecular flexibility index (Phi) is 7.23. The molecular weight excluding hydrogens is 556 g/mol. The van der Waals surface area contributed by atoms with Gasteiger partial charge in [-0.25, -0.2) is 0 Å². The molecule has 8 aromatic rings. The van der Waals surface area contributed by atoms with Gasteiger partial charge < -0.3 is 4.42 Å². The van der Waals surface area contributed by atoms with Gasteiger partial charge in [0.1, 0.15) is 5.58 Å². The van der Waals surface area contributed by atoms with Gasteiger partial charge in [-0.2, -0.15) is 0 Å². The highest BCUT2D eigenvalue weighted by molar-refractivity contribution is 6.29. The minimum atomic E-state index is 0.548. The van der Waals surface area contributed by atoms with Crippen molar-refractivity contribution in [2.24, 2.45) is 0 Å². The zero-order chi connectivity index (χ0) is 31.0. The minimum absolute atomic E-state index is 0.548. The minimum Gasteiger partial charge on any atom is -0.464 e. The third-order valence-corrected chi connectivity index (χ3v) is 9.53. The summed E-state index contributed by atoms with van der Waals surface area (Å²) >= 11 is 0. The predicted octanol–water partition coefficient (Wildman–Crippen LogP) is 13.3. The Morgan fingerprint density at radius 1 is 0.543 bits per heavy atom. The molecule has 0 aliphatic carbocycles. The molecule has 0 amide bonds. The molecular formula is C45H36O. The second-order valence-corrected chi connectivity index (χ2v) is 12.5. The van der Waals surface area contributed by atoms with Crippen LogP contribution in [0, 0.1) is 0 Å². The van der Waals surface area contributed by atoms with E-state index >= 15 is 0 Å². The summed E-state index contributed by atoms with van der Waals surface area (Å²) in [7, 11) is 0. The lowest BCUT2D eigenvalue weighted by atomic mass is 9.86. The molecule has 0 N–H and O–H groups in total. The lowest BCUT2D eigenvalue weighted by Crippen LogP contribution is -1.94. The van der Waals surface area contributed by atoms with Gasteiger partial charge in [-0.3, -0.25) is 0 Å². The van der Waals surface area contributed by atoms with E-state index < -0.39 is 0 Å². The second-order valence-electron chi connectivity index (χ2n) is 12.5. The largest absolute Gasteiger partial charge is 0.464 e. The van der Waals surface area contributed by atoms with Gasteiger partial charge >= 0.3 is 0 Å². The highest BCUT2D eigenvalue weighted by Gasteiger charge is 2.17. The van der Waals surface area contributed by atoms with Crippen LogP contribution >= 0.6 is 0 Å². The first-order chi connectivity index (χ1) is 22.7. The van der Waals surface area contributed by atoms with Crippen molar-refractivity contribution in [2.45, 2.75) is 32.6 Å². The van der Waals surface area contributed by atoms with Crippen LogP contribution in [0.15, 0.2) is 132 Å². The highest BCUT2D eigenvalue weighted by Crippen LogP contribution is 2.43. The van der Waals surface area contributed by atoms with Crippen LogP contribution in [0.2, 0.25) is 0 Å². The maximum absolute atomic E-state index is 5.87. The van der Waals surface area contributed by atoms with Gasteiger partial charge in [0.05, 0.1) is 6.26 Å². The van der Waals surface area contributed by atoms with E-state index in [1.165, 1.54) is 83.7 Å². The van der Waals surface area contributed by atoms with E-state index in [0.29, 0.717) is 5.92 Å². The number of benzene rings is 7. The molecule has 8 rings (SSSR count). The Bertz CT molecular complexity index is 2420. The van der Waals surface area contributed by atoms with Gasteiger partial charge in [-0.05, 0) is 114 Å². The fraction of sp³-hybridized carbons (Fsp3) is 0.111. The van der Waals surface area contributed by atoms with Crippen LogP contribution in [0.25, 0.3) is 78.4 Å². The monoisotopic (exact) mass is 592 g/mol. The zero-order valence-corrected chi connectivity index (χ0v) is 26.3. The van der Waals surface area contributed by atoms with Gasteiger partial charge in [-0.15, -0.1) is 0 Å². The standard InChI is InChI=1S/C45H36O/c1-3-10-30(2)33-19-21-37-34(27-33)20-22-39-41(37)28-35(17-15-31-11-6-4-7-12-31)45-40-23-24-43-38(25-26-46-43)42(40)29-36(44(39)45)18-16-32-13-8-5-9-14-32/h4-9,11-30H,3,10H2,1-2H3/b17-15+,18-16+. The molecule has 0 aliphatic heterocycles. The summed E-state index contributed by atoms with van der Waals surface area (Å²) < 4.78 is 5.87. The van der Waals surface area contributed by atoms with Crippen LogP contribution in [0.4, 0.5) is 0 Å². The molecule has 46 heavy (non-hydrogen) atoms. The van der Waals surface area contributed by atoms with E-state index in [4.69, 9.17) is 4.42 Å². The first kappa shape index (κ1) is 28.1. The maximum atomic E-state index is 5.87. The quantitative estimate of drug-likeness (QED) is 0.133. The summed E-state index contributed by atoms with van der Waals surface area (Å²) in [5, 5.41) is 11.3. The molecule has 1 heterocycles. The van der Waals surface area contributed by atoms with Gasteiger partial charge in [-0.1, -0.05) is 136 Å². The summed E-state index contributed by atoms with van der Waals surface area (Å²) in [5.41, 5.74) is 7.11. The fourth-order valence-electron chi connectivity index (χ4n) is 7.18. The van der Waals surface area contributed by atoms with Crippen molar-refractivity contribution in [3.63, 3.8) is 0 Å². The number of rotatable bonds is 7. The third-order valence-electron chi connectivity index (χ3n) is 9.53. The van der Waals surface area contributed by atoms with Crippen LogP contribution in [0.1, 0.15) is 60.4 Å². The van der Waals surface area contributed by atoms with Crippen molar-refractivity contribution in [1.82, 2.24) is 0 Å². The van der Waals surface area contributed by atoms with E-state index in [1.807, 2.05) is 0 Å². The van der Waals surface area contributed by atoms with Crippen molar-refractivity contribution in [3.8, 4) is 0 Å². The van der Waals surface area contributed by atoms with Crippen molar-refractivity contribution in [3.05, 3.63) is 155 Å². The average Bonchev–Trinajstić information content (AvgIpc) is 3.60. The SMILES string of the molecule is CCCC(C)c1ccc2c(ccc3c2cc(/C=C/c2ccccc2)c2c4ccc5occc5c4cc(/C=C/c4ccccc4)c32)c1. The van der Waals surface area contributed by atoms with Gasteiger partial charge in [0.2, 0.25) is 0 Å². The molecule has 0 aliphatic rings. The molecule has 7 aromatic carbocycles. The lowest BCUT2D eigenvalue weighted by Gasteiger charge is -2.17. The summed E-state index contributed by atoms with van der Waals surface area (Å²) in [6.45, 7) is 4.62. The van der Waals surface area contributed by atoms with Crippen molar-refractivity contribution < 1.29 is 4.42 Å². The van der Waals surface area contributed by atoms with Gasteiger partial charge in [0, 0.05) is 5.39 Å². The van der Waals surface area contributed by atoms with Crippen molar-refractivity contribution >= 4 is 78.4 Å². The van der Waals surface area contributed by atoms with Crippen LogP contribution in [0.3, 0.4) is 0 Å². The number of hydrogen-bond acceptors (Lipinski definition) is 1. The summed E-state index contributed by atoms with van der Waals surface area (Å²) in [4.78, 5) is 0. The maximum Gasteiger partial charge on any atom is 0.134 e. The molecule has 0 bridgehead atoms. The van der Waals surface area contributed by atoms with Gasteiger partial charge in [0.15, 0.2) is 0 Å². The summed E-state index contributed by atoms with van der Waals surface area (Å²) in [6.07, 6.45) is 13.3. The average molecular weight is 593 g/mol. The normalized spacial score (nSPS) is 12.9. The van der Waals surface area contributed by atoms with Crippen LogP contribution in [-0.2, 0) is 0 Å². The van der Waals surface area contributed by atoms with Gasteiger partial charge in [0.25, 0.3) is 0 Å². The molecule has 222 valence electrons. The molecule has 0 saturated heterocycles. The third kappa shape index (κ3) is 4.99. The number of furan rings is 1. The van der Waals surface area contributed by atoms with Crippen LogP contribution in [-0.4, -0.2) is 0 Å². The van der Waals surface area contributed by atoms with E-state index in [2.05, 4.69) is 159 Å². The number of fused-ring (bicyclic) bond motifs is 9. The predicted molar refractivity (Wildman–Crippen MR) is 200 cm³/mol. The van der Waals surface area contributed by atoms with E-state index in [0.717, 1.165) is 11.0 Å². The second kappa shape index (κ2) is 11.8. The first-order valence-corrected chi connectivity index (χ1v) is 16.4. The molecule has 0 fully saturated rings. The van der Waals surface area contributed by atoms with E-state index in [9.17, 15) is 0 Å². The van der Waals surface area contributed by atoms with E-state index in [-0.39, 0.29) is 0 Å². The van der Waals surface area contributed by atoms with Crippen molar-refractivity contribution in [1.29, 1.82) is 0 Å². The molecule has 0 radical (unpaired) electrons. The Balaban J connectivity index is 1.49. The van der Waals surface area contributed by atoms with Crippen LogP contribution < -0.4 is 0 Å². The summed E-state index contributed by atoms with van der Waals surface area (Å²) in [6, 6.07) is 44.2. The molecule has 1 heteroatoms. The highest BCUT2D eigenvalue weighted by atomic mass is 16.3. The van der Waals surface area contributed by atoms with E-state index in [1.54, 1.807) is 6.26 Å². The molecule has 1 nitrogen and oxygen atoms in total. The fourth-order valence-corrected chi connectivity index (χ4v) is 7.18. The molecule has 0 saturated carbocycles. The number of hydrogen-bond donors (Lipinski definition) is 0. The molecule has 1 atom stereocenters. The molecule has 1 unspecified atom stereocenters. The molecule has 1 aromatic heterocycles. The lowest BCUT2D eigenvalue weighted by molar-refractivity contribution is 0.616. The topological polar surface area (TPSA) is 13.1 Å². The zero-order valence-electron chi connectivity index (χ0n) is 26.3. The first-order valence-electron chi connectivity index (χ1n) is 16.4. The Morgan fingerprint density at radius 3 is 1.76 bits per heavy atom. The Morgan fingerprint density at radius 2 is 1.13 bits per heavy atom. The Hall–Kier alpha value is -5.40. The Labute approximate surface area is 270 Å². The van der Waals surface area contributed by atoms with Crippen LogP contribution in [0.5, 0.6) is 0 Å².